The van der Waals surface area contributed by atoms with Crippen LogP contribution in [0.5, 0.6) is 34.5 Å². The summed E-state index contributed by atoms with van der Waals surface area (Å²) in [5, 5.41) is 2.68. The fourth-order valence-electron chi connectivity index (χ4n) is 6.03. The number of fused-ring (bicyclic) bond motifs is 3. The lowest BCUT2D eigenvalue weighted by Crippen LogP contribution is -2.47. The standard InChI is InChI=1S/C30H31FN2O7/c1-35-23-12-17(13-24(36-2)28(23)37-3)26-21-15-25-29(39-16-38-25)27(22(21)14-20-6-4-5-11-33(20)26)40-30(34)32-19-9-7-18(31)8-10-19/h7-10,12-13,15,20,26H,4-6,11,14,16H2,1-3H3,(H,32,34)/t20-,26+/m0/s1. The Morgan fingerprint density at radius 3 is 2.42 bits per heavy atom. The van der Waals surface area contributed by atoms with Crippen molar-refractivity contribution in [3.63, 3.8) is 0 Å². The van der Waals surface area contributed by atoms with Gasteiger partial charge in [-0.2, -0.15) is 0 Å². The highest BCUT2D eigenvalue weighted by atomic mass is 19.1. The van der Waals surface area contributed by atoms with Crippen LogP contribution >= 0.6 is 0 Å². The van der Waals surface area contributed by atoms with Crippen LogP contribution in [0.1, 0.15) is 42.0 Å². The van der Waals surface area contributed by atoms with Gasteiger partial charge in [-0.3, -0.25) is 10.2 Å². The van der Waals surface area contributed by atoms with E-state index in [0.29, 0.717) is 46.6 Å². The third kappa shape index (κ3) is 4.62. The summed E-state index contributed by atoms with van der Waals surface area (Å²) in [6, 6.07) is 11.5. The Labute approximate surface area is 231 Å². The van der Waals surface area contributed by atoms with Crippen molar-refractivity contribution < 1.29 is 37.6 Å². The van der Waals surface area contributed by atoms with Gasteiger partial charge in [0.15, 0.2) is 23.0 Å². The molecule has 0 bridgehead atoms. The molecule has 1 fully saturated rings. The largest absolute Gasteiger partial charge is 0.493 e. The fraction of sp³-hybridized carbons (Fsp3) is 0.367. The van der Waals surface area contributed by atoms with E-state index in [9.17, 15) is 9.18 Å². The van der Waals surface area contributed by atoms with E-state index in [2.05, 4.69) is 10.2 Å². The van der Waals surface area contributed by atoms with Crippen LogP contribution in [0.25, 0.3) is 0 Å². The number of carbonyl (C=O) groups is 1. The molecule has 0 aliphatic carbocycles. The van der Waals surface area contributed by atoms with Gasteiger partial charge in [0.25, 0.3) is 0 Å². The van der Waals surface area contributed by atoms with Gasteiger partial charge < -0.3 is 28.4 Å². The first kappa shape index (κ1) is 26.1. The molecule has 3 aliphatic heterocycles. The van der Waals surface area contributed by atoms with Crippen molar-refractivity contribution in [1.82, 2.24) is 4.90 Å². The number of benzene rings is 3. The van der Waals surface area contributed by atoms with Gasteiger partial charge >= 0.3 is 6.09 Å². The molecule has 2 atom stereocenters. The number of rotatable bonds is 6. The Bertz CT molecular complexity index is 1400. The molecule has 3 aliphatic rings. The highest BCUT2D eigenvalue weighted by Gasteiger charge is 2.41. The van der Waals surface area contributed by atoms with Gasteiger partial charge in [-0.25, -0.2) is 9.18 Å². The van der Waals surface area contributed by atoms with Gasteiger partial charge in [0.2, 0.25) is 18.3 Å². The maximum Gasteiger partial charge on any atom is 0.417 e. The quantitative estimate of drug-likeness (QED) is 0.419. The number of piperidine rings is 1. The first-order valence-corrected chi connectivity index (χ1v) is 13.3. The Hall–Kier alpha value is -4.18. The normalized spacial score (nSPS) is 19.3. The van der Waals surface area contributed by atoms with Gasteiger partial charge in [-0.1, -0.05) is 6.42 Å². The Balaban J connectivity index is 1.46. The second kappa shape index (κ2) is 10.8. The van der Waals surface area contributed by atoms with Gasteiger partial charge in [0.1, 0.15) is 5.82 Å². The van der Waals surface area contributed by atoms with Gasteiger partial charge in [0, 0.05) is 17.3 Å². The van der Waals surface area contributed by atoms with Gasteiger partial charge in [-0.15, -0.1) is 0 Å². The van der Waals surface area contributed by atoms with Crippen LogP contribution in [-0.2, 0) is 6.42 Å². The summed E-state index contributed by atoms with van der Waals surface area (Å²) >= 11 is 0. The molecule has 3 heterocycles. The number of carbonyl (C=O) groups excluding carboxylic acids is 1. The van der Waals surface area contributed by atoms with Crippen molar-refractivity contribution in [2.24, 2.45) is 0 Å². The lowest BCUT2D eigenvalue weighted by molar-refractivity contribution is 0.0987. The van der Waals surface area contributed by atoms with Crippen molar-refractivity contribution in [1.29, 1.82) is 0 Å². The Morgan fingerprint density at radius 1 is 0.975 bits per heavy atom. The highest BCUT2D eigenvalue weighted by Crippen LogP contribution is 2.53. The number of nitrogens with one attached hydrogen (secondary N) is 1. The van der Waals surface area contributed by atoms with E-state index in [4.69, 9.17) is 28.4 Å². The number of amides is 1. The zero-order valence-corrected chi connectivity index (χ0v) is 22.6. The number of nitrogens with zero attached hydrogens (tertiary/aromatic N) is 1. The molecule has 10 heteroatoms. The Kier molecular flexibility index (Phi) is 7.02. The molecule has 210 valence electrons. The SMILES string of the molecule is COc1cc([C@@H]2c3cc4c(c(OC(=O)Nc5ccc(F)cc5)c3C[C@@H]3CCCCN32)OCO4)cc(OC)c1OC. The van der Waals surface area contributed by atoms with Crippen molar-refractivity contribution in [2.75, 3.05) is 40.0 Å². The number of methoxy groups -OCH3 is 3. The lowest BCUT2D eigenvalue weighted by Gasteiger charge is -2.46. The summed E-state index contributed by atoms with van der Waals surface area (Å²) in [6.07, 6.45) is 3.20. The number of ether oxygens (including phenoxy) is 6. The number of halogens is 1. The minimum absolute atomic E-state index is 0.0240. The topological polar surface area (TPSA) is 87.7 Å². The second-order valence-corrected chi connectivity index (χ2v) is 9.98. The predicted molar refractivity (Wildman–Crippen MR) is 145 cm³/mol. The van der Waals surface area contributed by atoms with E-state index >= 15 is 0 Å². The molecule has 3 aromatic rings. The summed E-state index contributed by atoms with van der Waals surface area (Å²) in [5.74, 6) is 2.51. The summed E-state index contributed by atoms with van der Waals surface area (Å²) < 4.78 is 47.8. The molecule has 1 N–H and O–H groups in total. The third-order valence-corrected chi connectivity index (χ3v) is 7.78. The van der Waals surface area contributed by atoms with Gasteiger partial charge in [0.05, 0.1) is 27.4 Å². The summed E-state index contributed by atoms with van der Waals surface area (Å²) in [7, 11) is 4.78. The molecule has 0 aromatic heterocycles. The van der Waals surface area contributed by atoms with E-state index in [1.54, 1.807) is 21.3 Å². The third-order valence-electron chi connectivity index (χ3n) is 7.78. The zero-order chi connectivity index (χ0) is 27.8. The van der Waals surface area contributed by atoms with E-state index < -0.39 is 11.9 Å². The molecule has 0 spiro atoms. The molecule has 6 rings (SSSR count). The van der Waals surface area contributed by atoms with E-state index in [-0.39, 0.29) is 18.9 Å². The number of anilines is 1. The van der Waals surface area contributed by atoms with E-state index in [1.165, 1.54) is 24.3 Å². The molecular weight excluding hydrogens is 519 g/mol. The zero-order valence-electron chi connectivity index (χ0n) is 22.6. The minimum atomic E-state index is -0.701. The maximum atomic E-state index is 13.4. The smallest absolute Gasteiger partial charge is 0.417 e. The summed E-state index contributed by atoms with van der Waals surface area (Å²) in [5.41, 5.74) is 3.23. The monoisotopic (exact) mass is 550 g/mol. The first-order valence-electron chi connectivity index (χ1n) is 13.3. The van der Waals surface area contributed by atoms with Crippen LogP contribution in [0.3, 0.4) is 0 Å². The molecule has 1 amide bonds. The summed E-state index contributed by atoms with van der Waals surface area (Å²) in [4.78, 5) is 15.5. The first-order chi connectivity index (χ1) is 19.5. The highest BCUT2D eigenvalue weighted by molar-refractivity contribution is 5.87. The van der Waals surface area contributed by atoms with E-state index in [1.807, 2.05) is 18.2 Å². The van der Waals surface area contributed by atoms with Crippen LogP contribution in [0.4, 0.5) is 14.9 Å². The van der Waals surface area contributed by atoms with Crippen molar-refractivity contribution in [3.05, 3.63) is 65.0 Å². The number of hydrogen-bond acceptors (Lipinski definition) is 8. The average molecular weight is 551 g/mol. The molecule has 1 saturated heterocycles. The van der Waals surface area contributed by atoms with Crippen molar-refractivity contribution >= 4 is 11.8 Å². The van der Waals surface area contributed by atoms with Crippen LogP contribution in [0.15, 0.2) is 42.5 Å². The van der Waals surface area contributed by atoms with Crippen molar-refractivity contribution in [2.45, 2.75) is 37.8 Å². The predicted octanol–water partition coefficient (Wildman–Crippen LogP) is 5.69. The van der Waals surface area contributed by atoms with Crippen LogP contribution in [0, 0.1) is 5.82 Å². The lowest BCUT2D eigenvalue weighted by atomic mass is 9.80. The molecule has 9 nitrogen and oxygen atoms in total. The molecule has 40 heavy (non-hydrogen) atoms. The van der Waals surface area contributed by atoms with Crippen LogP contribution < -0.4 is 33.7 Å². The van der Waals surface area contributed by atoms with Crippen molar-refractivity contribution in [3.8, 4) is 34.5 Å². The average Bonchev–Trinajstić information content (AvgIpc) is 3.45. The van der Waals surface area contributed by atoms with Crippen LogP contribution in [0.2, 0.25) is 0 Å². The molecule has 0 unspecified atom stereocenters. The van der Waals surface area contributed by atoms with E-state index in [0.717, 1.165) is 42.5 Å². The Morgan fingerprint density at radius 2 is 1.73 bits per heavy atom. The van der Waals surface area contributed by atoms with Crippen LogP contribution in [-0.4, -0.2) is 51.7 Å². The minimum Gasteiger partial charge on any atom is -0.493 e. The maximum absolute atomic E-state index is 13.4. The molecule has 0 radical (unpaired) electrons. The molecule has 0 saturated carbocycles. The molecule has 3 aromatic carbocycles. The van der Waals surface area contributed by atoms with Gasteiger partial charge in [-0.05, 0) is 79.4 Å². The fourth-order valence-corrected chi connectivity index (χ4v) is 6.03. The molecular formula is C30H31FN2O7. The summed E-state index contributed by atoms with van der Waals surface area (Å²) in [6.45, 7) is 0.942. The number of hydrogen-bond donors (Lipinski definition) is 1. The second-order valence-electron chi connectivity index (χ2n) is 9.98.